The number of hydrogen-bond donors (Lipinski definition) is 0. The second kappa shape index (κ2) is 5.16. The Labute approximate surface area is 114 Å². The van der Waals surface area contributed by atoms with Crippen molar-refractivity contribution in [2.24, 2.45) is 0 Å². The van der Waals surface area contributed by atoms with Crippen LogP contribution in [0.3, 0.4) is 0 Å². The van der Waals surface area contributed by atoms with E-state index in [1.165, 1.54) is 30.3 Å². The first-order valence-corrected chi connectivity index (χ1v) is 6.91. The van der Waals surface area contributed by atoms with Gasteiger partial charge in [0.25, 0.3) is 10.0 Å². The molecule has 2 rings (SSSR count). The molecule has 105 valence electrons. The molecule has 0 unspecified atom stereocenters. The number of rotatable bonds is 3. The number of sulfonamides is 1. The minimum atomic E-state index is -5.06. The normalized spacial score (nSPS) is 12.2. The van der Waals surface area contributed by atoms with Crippen LogP contribution in [0, 0.1) is 6.07 Å². The molecule has 0 spiro atoms. The molecule has 0 bridgehead atoms. The van der Waals surface area contributed by atoms with E-state index >= 15 is 0 Å². The van der Waals surface area contributed by atoms with E-state index in [1.807, 2.05) is 0 Å². The maximum atomic E-state index is 13.1. The van der Waals surface area contributed by atoms with Crippen LogP contribution in [-0.4, -0.2) is 14.7 Å². The maximum absolute atomic E-state index is 13.1. The standard InChI is InChI=1S/C13H9F3NO2S/c14-13(15,16)17(11-7-3-1-4-8-11)20(18,19)12-9-5-2-6-10-12/h1,3-10H. The lowest BCUT2D eigenvalue weighted by molar-refractivity contribution is -0.115. The Hall–Kier alpha value is -2.02. The summed E-state index contributed by atoms with van der Waals surface area (Å²) in [6.45, 7) is 0. The number of halogens is 3. The van der Waals surface area contributed by atoms with Crippen LogP contribution in [0.1, 0.15) is 0 Å². The average molecular weight is 300 g/mol. The van der Waals surface area contributed by atoms with Crippen LogP contribution in [0.5, 0.6) is 0 Å². The van der Waals surface area contributed by atoms with Gasteiger partial charge in [-0.3, -0.25) is 0 Å². The molecule has 0 aliphatic rings. The highest BCUT2D eigenvalue weighted by Crippen LogP contribution is 2.34. The van der Waals surface area contributed by atoms with E-state index in [2.05, 4.69) is 6.07 Å². The van der Waals surface area contributed by atoms with Crippen molar-refractivity contribution in [3.8, 4) is 0 Å². The largest absolute Gasteiger partial charge is 0.498 e. The quantitative estimate of drug-likeness (QED) is 0.816. The average Bonchev–Trinajstić information content (AvgIpc) is 2.39. The van der Waals surface area contributed by atoms with E-state index < -0.39 is 31.2 Å². The molecule has 0 atom stereocenters. The summed E-state index contributed by atoms with van der Waals surface area (Å²) in [4.78, 5) is -0.447. The molecule has 0 heterocycles. The minimum absolute atomic E-state index is 0.447. The second-order valence-electron chi connectivity index (χ2n) is 3.81. The Bertz CT molecular complexity index is 670. The van der Waals surface area contributed by atoms with Gasteiger partial charge in [0.1, 0.15) is 0 Å². The highest BCUT2D eigenvalue weighted by atomic mass is 32.2. The zero-order chi connectivity index (χ0) is 14.8. The molecule has 2 aromatic carbocycles. The molecule has 0 aliphatic heterocycles. The fourth-order valence-electron chi connectivity index (χ4n) is 1.63. The lowest BCUT2D eigenvalue weighted by Gasteiger charge is -2.26. The zero-order valence-corrected chi connectivity index (χ0v) is 10.8. The number of nitrogens with zero attached hydrogens (tertiary/aromatic N) is 1. The Morgan fingerprint density at radius 2 is 1.50 bits per heavy atom. The molecule has 7 heteroatoms. The molecular formula is C13H9F3NO2S. The molecule has 0 saturated carbocycles. The van der Waals surface area contributed by atoms with E-state index in [9.17, 15) is 21.6 Å². The zero-order valence-electron chi connectivity index (χ0n) is 10.0. The molecule has 0 N–H and O–H groups in total. The Morgan fingerprint density at radius 1 is 0.950 bits per heavy atom. The first-order valence-electron chi connectivity index (χ1n) is 5.47. The summed E-state index contributed by atoms with van der Waals surface area (Å²) in [6.07, 6.45) is -5.06. The van der Waals surface area contributed by atoms with Crippen molar-refractivity contribution in [2.45, 2.75) is 11.2 Å². The Morgan fingerprint density at radius 3 is 2.00 bits per heavy atom. The molecule has 0 aromatic heterocycles. The lowest BCUT2D eigenvalue weighted by Crippen LogP contribution is -2.42. The van der Waals surface area contributed by atoms with Crippen molar-refractivity contribution < 1.29 is 21.6 Å². The summed E-state index contributed by atoms with van der Waals surface area (Å²) < 4.78 is 63.2. The van der Waals surface area contributed by atoms with Gasteiger partial charge in [-0.1, -0.05) is 30.3 Å². The van der Waals surface area contributed by atoms with E-state index in [1.54, 1.807) is 0 Å². The number of benzene rings is 2. The molecule has 0 saturated heterocycles. The van der Waals surface area contributed by atoms with Crippen molar-refractivity contribution in [3.63, 3.8) is 0 Å². The van der Waals surface area contributed by atoms with Gasteiger partial charge < -0.3 is 0 Å². The van der Waals surface area contributed by atoms with E-state index in [0.29, 0.717) is 0 Å². The van der Waals surface area contributed by atoms with Crippen molar-refractivity contribution in [1.29, 1.82) is 0 Å². The highest BCUT2D eigenvalue weighted by Gasteiger charge is 2.46. The Balaban J connectivity index is 2.60. The fourth-order valence-corrected chi connectivity index (χ4v) is 3.00. The van der Waals surface area contributed by atoms with Gasteiger partial charge in [-0.2, -0.15) is 4.31 Å². The van der Waals surface area contributed by atoms with Crippen molar-refractivity contribution in [3.05, 3.63) is 60.7 Å². The maximum Gasteiger partial charge on any atom is 0.498 e. The third-order valence-electron chi connectivity index (χ3n) is 2.45. The van der Waals surface area contributed by atoms with Gasteiger partial charge in [0.05, 0.1) is 10.6 Å². The van der Waals surface area contributed by atoms with Gasteiger partial charge in [-0.15, -0.1) is 13.2 Å². The van der Waals surface area contributed by atoms with Crippen LogP contribution < -0.4 is 4.31 Å². The molecule has 0 amide bonds. The summed E-state index contributed by atoms with van der Waals surface area (Å²) in [5.74, 6) is 0. The van der Waals surface area contributed by atoms with E-state index in [-0.39, 0.29) is 0 Å². The van der Waals surface area contributed by atoms with Gasteiger partial charge in [0.2, 0.25) is 0 Å². The topological polar surface area (TPSA) is 37.4 Å². The van der Waals surface area contributed by atoms with Crippen LogP contribution in [0.15, 0.2) is 59.5 Å². The third-order valence-corrected chi connectivity index (χ3v) is 4.21. The van der Waals surface area contributed by atoms with Crippen LogP contribution in [0.25, 0.3) is 0 Å². The van der Waals surface area contributed by atoms with Crippen molar-refractivity contribution in [2.75, 3.05) is 4.31 Å². The van der Waals surface area contributed by atoms with Crippen LogP contribution in [0.4, 0.5) is 18.9 Å². The third kappa shape index (κ3) is 2.77. The van der Waals surface area contributed by atoms with Crippen LogP contribution in [-0.2, 0) is 10.0 Å². The summed E-state index contributed by atoms with van der Waals surface area (Å²) in [5, 5.41) is 0. The summed E-state index contributed by atoms with van der Waals surface area (Å²) in [6, 6.07) is 13.5. The predicted molar refractivity (Wildman–Crippen MR) is 67.4 cm³/mol. The second-order valence-corrected chi connectivity index (χ2v) is 5.60. The molecule has 0 aliphatic carbocycles. The van der Waals surface area contributed by atoms with Crippen LogP contribution >= 0.6 is 0 Å². The van der Waals surface area contributed by atoms with E-state index in [0.717, 1.165) is 24.3 Å². The monoisotopic (exact) mass is 300 g/mol. The van der Waals surface area contributed by atoms with Gasteiger partial charge in [-0.25, -0.2) is 8.42 Å². The number of alkyl halides is 3. The smallest absolute Gasteiger partial charge is 0.201 e. The first-order chi connectivity index (χ1) is 9.33. The molecule has 20 heavy (non-hydrogen) atoms. The van der Waals surface area contributed by atoms with Crippen molar-refractivity contribution in [1.82, 2.24) is 0 Å². The minimum Gasteiger partial charge on any atom is -0.201 e. The van der Waals surface area contributed by atoms with Gasteiger partial charge in [0, 0.05) is 0 Å². The fraction of sp³-hybridized carbons (Fsp3) is 0.0769. The Kier molecular flexibility index (Phi) is 3.71. The summed E-state index contributed by atoms with van der Waals surface area (Å²) in [7, 11) is -4.72. The summed E-state index contributed by atoms with van der Waals surface area (Å²) >= 11 is 0. The molecular weight excluding hydrogens is 291 g/mol. The van der Waals surface area contributed by atoms with Gasteiger partial charge in [-0.05, 0) is 30.3 Å². The summed E-state index contributed by atoms with van der Waals surface area (Å²) in [5.41, 5.74) is -0.465. The van der Waals surface area contributed by atoms with Gasteiger partial charge >= 0.3 is 6.30 Å². The number of para-hydroxylation sites is 1. The number of hydrogen-bond acceptors (Lipinski definition) is 2. The van der Waals surface area contributed by atoms with E-state index in [4.69, 9.17) is 0 Å². The SMILES string of the molecule is O=S(=O)(c1cc[c]cc1)N(c1ccccc1)C(F)(F)F. The van der Waals surface area contributed by atoms with Gasteiger partial charge in [0.15, 0.2) is 0 Å². The highest BCUT2D eigenvalue weighted by molar-refractivity contribution is 7.92. The van der Waals surface area contributed by atoms with Crippen molar-refractivity contribution >= 4 is 15.7 Å². The molecule has 0 fully saturated rings. The van der Waals surface area contributed by atoms with Crippen LogP contribution in [0.2, 0.25) is 0 Å². The molecule has 2 aromatic rings. The number of anilines is 1. The first kappa shape index (κ1) is 14.4. The predicted octanol–water partition coefficient (Wildman–Crippen LogP) is 3.20. The lowest BCUT2D eigenvalue weighted by atomic mass is 10.3. The molecule has 1 radical (unpaired) electrons. The molecule has 3 nitrogen and oxygen atoms in total.